The average molecular weight is 290 g/mol. The Morgan fingerprint density at radius 2 is 2.10 bits per heavy atom. The van der Waals surface area contributed by atoms with Crippen LogP contribution in [0, 0.1) is 0 Å². The third-order valence-corrected chi connectivity index (χ3v) is 3.87. The van der Waals surface area contributed by atoms with Gasteiger partial charge in [0.15, 0.2) is 0 Å². The molecular weight excluding hydrogens is 264 g/mol. The van der Waals surface area contributed by atoms with Gasteiger partial charge in [0.2, 0.25) is 0 Å². The van der Waals surface area contributed by atoms with Gasteiger partial charge in [-0.15, -0.1) is 0 Å². The molecule has 1 unspecified atom stereocenters. The molecular formula is C17H26N2O2. The third-order valence-electron chi connectivity index (χ3n) is 3.87. The molecule has 1 aliphatic rings. The highest BCUT2D eigenvalue weighted by atomic mass is 16.5. The summed E-state index contributed by atoms with van der Waals surface area (Å²) >= 11 is 0. The fourth-order valence-electron chi connectivity index (χ4n) is 2.59. The van der Waals surface area contributed by atoms with Crippen molar-refractivity contribution in [3.8, 4) is 0 Å². The van der Waals surface area contributed by atoms with E-state index >= 15 is 0 Å². The number of amides is 2. The summed E-state index contributed by atoms with van der Waals surface area (Å²) in [7, 11) is 0. The molecule has 2 rings (SSSR count). The number of nitrogens with zero attached hydrogens (tertiary/aromatic N) is 1. The molecule has 1 aliphatic heterocycles. The Kier molecular flexibility index (Phi) is 5.23. The largest absolute Gasteiger partial charge is 0.374 e. The second-order valence-corrected chi connectivity index (χ2v) is 6.28. The average Bonchev–Trinajstić information content (AvgIpc) is 2.47. The molecule has 4 heteroatoms. The lowest BCUT2D eigenvalue weighted by Gasteiger charge is -2.45. The minimum atomic E-state index is -0.259. The Balaban J connectivity index is 2.00. The first-order valence-electron chi connectivity index (χ1n) is 7.74. The van der Waals surface area contributed by atoms with Crippen LogP contribution in [0.1, 0.15) is 32.8 Å². The molecule has 1 aromatic carbocycles. The van der Waals surface area contributed by atoms with E-state index in [2.05, 4.69) is 38.2 Å². The van der Waals surface area contributed by atoms with E-state index in [0.717, 1.165) is 19.4 Å². The zero-order valence-corrected chi connectivity index (χ0v) is 13.3. The predicted octanol–water partition coefficient (Wildman–Crippen LogP) is 2.83. The number of ether oxygens (including phenoxy) is 1. The maximum Gasteiger partial charge on any atom is 0.318 e. The molecule has 0 aromatic heterocycles. The topological polar surface area (TPSA) is 41.6 Å². The SMILES string of the molecule is CCCNC(=O)N1CC(Cc2ccccc2)OCC1(C)C. The summed E-state index contributed by atoms with van der Waals surface area (Å²) in [5.74, 6) is 0. The fraction of sp³-hybridized carbons (Fsp3) is 0.588. The molecule has 1 saturated heterocycles. The summed E-state index contributed by atoms with van der Waals surface area (Å²) in [5.41, 5.74) is 0.987. The van der Waals surface area contributed by atoms with Crippen LogP contribution in [-0.2, 0) is 11.2 Å². The second-order valence-electron chi connectivity index (χ2n) is 6.28. The van der Waals surface area contributed by atoms with E-state index in [1.807, 2.05) is 23.1 Å². The zero-order chi connectivity index (χ0) is 15.3. The molecule has 0 bridgehead atoms. The van der Waals surface area contributed by atoms with E-state index in [1.165, 1.54) is 5.56 Å². The molecule has 1 atom stereocenters. The van der Waals surface area contributed by atoms with Gasteiger partial charge in [-0.2, -0.15) is 0 Å². The lowest BCUT2D eigenvalue weighted by Crippen LogP contribution is -2.61. The standard InChI is InChI=1S/C17H26N2O2/c1-4-10-18-16(20)19-12-15(21-13-17(19,2)3)11-14-8-6-5-7-9-14/h5-9,15H,4,10-13H2,1-3H3,(H,18,20). The van der Waals surface area contributed by atoms with Crippen molar-refractivity contribution >= 4 is 6.03 Å². The summed E-state index contributed by atoms with van der Waals surface area (Å²) < 4.78 is 5.96. The van der Waals surface area contributed by atoms with Gasteiger partial charge in [-0.25, -0.2) is 4.79 Å². The van der Waals surface area contributed by atoms with Crippen LogP contribution in [0.2, 0.25) is 0 Å². The third kappa shape index (κ3) is 4.21. The number of carbonyl (C=O) groups is 1. The molecule has 0 spiro atoms. The minimum absolute atomic E-state index is 0.0169. The van der Waals surface area contributed by atoms with Crippen LogP contribution < -0.4 is 5.32 Å². The zero-order valence-electron chi connectivity index (χ0n) is 13.3. The molecule has 4 nitrogen and oxygen atoms in total. The normalized spacial score (nSPS) is 21.1. The molecule has 0 radical (unpaired) electrons. The molecule has 0 aliphatic carbocycles. The summed E-state index contributed by atoms with van der Waals surface area (Å²) in [6.07, 6.45) is 1.85. The van der Waals surface area contributed by atoms with Gasteiger partial charge < -0.3 is 15.0 Å². The summed E-state index contributed by atoms with van der Waals surface area (Å²) in [5, 5.41) is 2.97. The van der Waals surface area contributed by atoms with E-state index in [0.29, 0.717) is 13.2 Å². The van der Waals surface area contributed by atoms with E-state index in [-0.39, 0.29) is 17.7 Å². The van der Waals surface area contributed by atoms with Crippen molar-refractivity contribution in [1.82, 2.24) is 10.2 Å². The van der Waals surface area contributed by atoms with Crippen molar-refractivity contribution in [1.29, 1.82) is 0 Å². The first-order valence-corrected chi connectivity index (χ1v) is 7.74. The van der Waals surface area contributed by atoms with Gasteiger partial charge in [0.1, 0.15) is 0 Å². The Hall–Kier alpha value is -1.55. The van der Waals surface area contributed by atoms with Gasteiger partial charge in [-0.1, -0.05) is 37.3 Å². The Labute approximate surface area is 127 Å². The molecule has 2 amide bonds. The first-order chi connectivity index (χ1) is 10.0. The minimum Gasteiger partial charge on any atom is -0.374 e. The van der Waals surface area contributed by atoms with E-state index in [4.69, 9.17) is 4.74 Å². The highest BCUT2D eigenvalue weighted by molar-refractivity contribution is 5.75. The molecule has 1 fully saturated rings. The predicted molar refractivity (Wildman–Crippen MR) is 84.4 cm³/mol. The van der Waals surface area contributed by atoms with Gasteiger partial charge in [0, 0.05) is 19.5 Å². The Bertz CT molecular complexity index is 459. The Morgan fingerprint density at radius 3 is 2.76 bits per heavy atom. The molecule has 116 valence electrons. The van der Waals surface area contributed by atoms with E-state index < -0.39 is 0 Å². The monoisotopic (exact) mass is 290 g/mol. The van der Waals surface area contributed by atoms with E-state index in [9.17, 15) is 4.79 Å². The number of hydrogen-bond acceptors (Lipinski definition) is 2. The van der Waals surface area contributed by atoms with Crippen LogP contribution in [-0.4, -0.2) is 42.3 Å². The fourth-order valence-corrected chi connectivity index (χ4v) is 2.59. The van der Waals surface area contributed by atoms with Crippen LogP contribution in [0.3, 0.4) is 0 Å². The number of benzene rings is 1. The van der Waals surface area contributed by atoms with Gasteiger partial charge >= 0.3 is 6.03 Å². The highest BCUT2D eigenvalue weighted by Gasteiger charge is 2.37. The maximum atomic E-state index is 12.3. The molecule has 1 N–H and O–H groups in total. The highest BCUT2D eigenvalue weighted by Crippen LogP contribution is 2.23. The number of morpholine rings is 1. The summed E-state index contributed by atoms with van der Waals surface area (Å²) in [6, 6.07) is 10.3. The van der Waals surface area contributed by atoms with Crippen LogP contribution in [0.25, 0.3) is 0 Å². The smallest absolute Gasteiger partial charge is 0.318 e. The van der Waals surface area contributed by atoms with Crippen LogP contribution in [0.4, 0.5) is 4.79 Å². The van der Waals surface area contributed by atoms with E-state index in [1.54, 1.807) is 0 Å². The lowest BCUT2D eigenvalue weighted by atomic mass is 9.98. The van der Waals surface area contributed by atoms with Crippen LogP contribution in [0.5, 0.6) is 0 Å². The second kappa shape index (κ2) is 6.94. The number of carbonyl (C=O) groups excluding carboxylic acids is 1. The van der Waals surface area contributed by atoms with Gasteiger partial charge in [0.05, 0.1) is 18.2 Å². The number of nitrogens with one attached hydrogen (secondary N) is 1. The number of hydrogen-bond donors (Lipinski definition) is 1. The molecule has 1 aromatic rings. The Morgan fingerprint density at radius 1 is 1.38 bits per heavy atom. The van der Waals surface area contributed by atoms with Gasteiger partial charge in [-0.05, 0) is 25.8 Å². The van der Waals surface area contributed by atoms with Crippen LogP contribution >= 0.6 is 0 Å². The van der Waals surface area contributed by atoms with Crippen molar-refractivity contribution in [3.63, 3.8) is 0 Å². The van der Waals surface area contributed by atoms with Gasteiger partial charge in [0.25, 0.3) is 0 Å². The van der Waals surface area contributed by atoms with Crippen molar-refractivity contribution in [2.45, 2.75) is 45.3 Å². The first kappa shape index (κ1) is 15.8. The van der Waals surface area contributed by atoms with Crippen molar-refractivity contribution in [3.05, 3.63) is 35.9 Å². The quantitative estimate of drug-likeness (QED) is 0.926. The number of urea groups is 1. The van der Waals surface area contributed by atoms with Crippen LogP contribution in [0.15, 0.2) is 30.3 Å². The van der Waals surface area contributed by atoms with Crippen molar-refractivity contribution < 1.29 is 9.53 Å². The van der Waals surface area contributed by atoms with Crippen molar-refractivity contribution in [2.75, 3.05) is 19.7 Å². The van der Waals surface area contributed by atoms with Gasteiger partial charge in [-0.3, -0.25) is 0 Å². The maximum absolute atomic E-state index is 12.3. The summed E-state index contributed by atoms with van der Waals surface area (Å²) in [4.78, 5) is 14.2. The molecule has 21 heavy (non-hydrogen) atoms. The number of rotatable bonds is 4. The lowest BCUT2D eigenvalue weighted by molar-refractivity contribution is -0.0777. The molecule has 0 saturated carbocycles. The van der Waals surface area contributed by atoms with Crippen molar-refractivity contribution in [2.24, 2.45) is 0 Å². The summed E-state index contributed by atoms with van der Waals surface area (Å²) in [6.45, 7) is 8.09. The molecule has 1 heterocycles.